The van der Waals surface area contributed by atoms with Crippen molar-refractivity contribution >= 4 is 22.8 Å². The molecule has 4 rings (SSSR count). The van der Waals surface area contributed by atoms with E-state index in [-0.39, 0.29) is 22.8 Å². The average Bonchev–Trinajstić information content (AvgIpc) is 2.64. The van der Waals surface area contributed by atoms with Crippen molar-refractivity contribution in [2.45, 2.75) is 18.3 Å². The fraction of sp³-hybridized carbons (Fsp3) is 0.278. The van der Waals surface area contributed by atoms with Gasteiger partial charge in [0.1, 0.15) is 11.5 Å². The Balaban J connectivity index is 0.00000144. The number of piperidine rings is 1. The van der Waals surface area contributed by atoms with Crippen LogP contribution in [0.5, 0.6) is 11.5 Å². The van der Waals surface area contributed by atoms with Crippen molar-refractivity contribution in [3.05, 3.63) is 59.7 Å². The van der Waals surface area contributed by atoms with Gasteiger partial charge in [0.15, 0.2) is 5.78 Å². The van der Waals surface area contributed by atoms with Crippen molar-refractivity contribution in [3.63, 3.8) is 0 Å². The second kappa shape index (κ2) is 5.86. The Bertz CT molecular complexity index is 708. The number of hydrogen-bond donors (Lipinski definition) is 1. The van der Waals surface area contributed by atoms with Crippen molar-refractivity contribution in [1.29, 1.82) is 0 Å². The highest BCUT2D eigenvalue weighted by Gasteiger charge is 2.45. The van der Waals surface area contributed by atoms with Crippen molar-refractivity contribution in [3.8, 4) is 11.5 Å². The maximum absolute atomic E-state index is 13.3. The zero-order chi connectivity index (χ0) is 14.3. The smallest absolute Gasteiger partial charge is 0.177 e. The molecule has 1 fully saturated rings. The van der Waals surface area contributed by atoms with Crippen LogP contribution in [0.3, 0.4) is 0 Å². The lowest BCUT2D eigenvalue weighted by Gasteiger charge is -2.36. The minimum Gasteiger partial charge on any atom is -0.456 e. The lowest BCUT2D eigenvalue weighted by atomic mass is 9.68. The van der Waals surface area contributed by atoms with Crippen LogP contribution in [0, 0.1) is 0 Å². The summed E-state index contributed by atoms with van der Waals surface area (Å²) in [7, 11) is 0. The van der Waals surface area contributed by atoms with Gasteiger partial charge in [-0.05, 0) is 44.1 Å². The van der Waals surface area contributed by atoms with E-state index in [1.54, 1.807) is 0 Å². The summed E-state index contributed by atoms with van der Waals surface area (Å²) in [5.41, 5.74) is 1.29. The van der Waals surface area contributed by atoms with Crippen LogP contribution in [0.25, 0.3) is 0 Å². The zero-order valence-corrected chi connectivity index (χ0v) is 13.9. The van der Waals surface area contributed by atoms with E-state index in [1.165, 1.54) is 0 Å². The van der Waals surface area contributed by atoms with E-state index in [2.05, 4.69) is 5.32 Å². The molecule has 1 saturated heterocycles. The van der Waals surface area contributed by atoms with E-state index < -0.39 is 5.41 Å². The number of para-hydroxylation sites is 2. The van der Waals surface area contributed by atoms with E-state index in [0.29, 0.717) is 11.3 Å². The standard InChI is InChI=1S/C18H17NO2.BrH/c20-17-13-5-1-3-7-15(13)21-16-8-4-2-6-14(16)18(17)9-11-19-12-10-18;/h1-8,19H,9-12H2;1H. The molecule has 0 atom stereocenters. The number of Topliss-reactive ketones (excluding diaryl/α,β-unsaturated/α-hetero) is 1. The topological polar surface area (TPSA) is 38.3 Å². The van der Waals surface area contributed by atoms with Crippen LogP contribution in [-0.4, -0.2) is 18.9 Å². The SMILES string of the molecule is Br.O=C1c2ccccc2Oc2ccccc2C12CCNCC2. The summed E-state index contributed by atoms with van der Waals surface area (Å²) in [6.07, 6.45) is 1.64. The molecule has 0 unspecified atom stereocenters. The van der Waals surface area contributed by atoms with Crippen LogP contribution in [0.1, 0.15) is 28.8 Å². The molecular weight excluding hydrogens is 342 g/mol. The first-order valence-corrected chi connectivity index (χ1v) is 7.43. The Morgan fingerprint density at radius 3 is 2.32 bits per heavy atom. The van der Waals surface area contributed by atoms with Gasteiger partial charge in [0, 0.05) is 5.56 Å². The Hall–Kier alpha value is -1.65. The van der Waals surface area contributed by atoms with Crippen molar-refractivity contribution in [2.75, 3.05) is 13.1 Å². The molecule has 0 bridgehead atoms. The van der Waals surface area contributed by atoms with Crippen LogP contribution < -0.4 is 10.1 Å². The lowest BCUT2D eigenvalue weighted by Crippen LogP contribution is -2.45. The Kier molecular flexibility index (Phi) is 4.06. The molecule has 2 aromatic rings. The van der Waals surface area contributed by atoms with Crippen LogP contribution in [0.2, 0.25) is 0 Å². The van der Waals surface area contributed by atoms with Gasteiger partial charge in [-0.25, -0.2) is 0 Å². The van der Waals surface area contributed by atoms with Crippen molar-refractivity contribution in [2.24, 2.45) is 0 Å². The number of nitrogens with one attached hydrogen (secondary N) is 1. The quantitative estimate of drug-likeness (QED) is 0.775. The number of hydrogen-bond acceptors (Lipinski definition) is 3. The summed E-state index contributed by atoms with van der Waals surface area (Å²) < 4.78 is 6.06. The highest BCUT2D eigenvalue weighted by Crippen LogP contribution is 2.46. The third-order valence-electron chi connectivity index (χ3n) is 4.65. The molecule has 4 heteroatoms. The van der Waals surface area contributed by atoms with E-state index >= 15 is 0 Å². The number of ketones is 1. The maximum atomic E-state index is 13.3. The molecule has 2 aromatic carbocycles. The van der Waals surface area contributed by atoms with Crippen LogP contribution in [-0.2, 0) is 5.41 Å². The van der Waals surface area contributed by atoms with Gasteiger partial charge >= 0.3 is 0 Å². The maximum Gasteiger partial charge on any atom is 0.177 e. The van der Waals surface area contributed by atoms with Gasteiger partial charge < -0.3 is 10.1 Å². The van der Waals surface area contributed by atoms with Gasteiger partial charge in [0.25, 0.3) is 0 Å². The van der Waals surface area contributed by atoms with Gasteiger partial charge in [-0.1, -0.05) is 30.3 Å². The summed E-state index contributed by atoms with van der Waals surface area (Å²) in [5, 5.41) is 3.36. The van der Waals surface area contributed by atoms with Crippen molar-refractivity contribution in [1.82, 2.24) is 5.32 Å². The lowest BCUT2D eigenvalue weighted by molar-refractivity contribution is 0.0849. The molecule has 3 nitrogen and oxygen atoms in total. The molecule has 1 N–H and O–H groups in total. The summed E-state index contributed by atoms with van der Waals surface area (Å²) in [6.45, 7) is 1.73. The molecular formula is C18H18BrNO2. The predicted octanol–water partition coefficient (Wildman–Crippen LogP) is 3.87. The fourth-order valence-corrected chi connectivity index (χ4v) is 3.54. The molecule has 0 saturated carbocycles. The first kappa shape index (κ1) is 15.3. The fourth-order valence-electron chi connectivity index (χ4n) is 3.54. The molecule has 114 valence electrons. The third kappa shape index (κ3) is 2.18. The number of halogens is 1. The number of fused-ring (bicyclic) bond motifs is 3. The molecule has 0 radical (unpaired) electrons. The second-order valence-corrected chi connectivity index (χ2v) is 5.76. The molecule has 22 heavy (non-hydrogen) atoms. The third-order valence-corrected chi connectivity index (χ3v) is 4.65. The monoisotopic (exact) mass is 359 g/mol. The van der Waals surface area contributed by atoms with E-state index in [0.717, 1.165) is 37.2 Å². The largest absolute Gasteiger partial charge is 0.456 e. The summed E-state index contributed by atoms with van der Waals surface area (Å²) in [5.74, 6) is 1.69. The number of rotatable bonds is 0. The van der Waals surface area contributed by atoms with Gasteiger partial charge in [-0.2, -0.15) is 0 Å². The number of carbonyl (C=O) groups is 1. The highest BCUT2D eigenvalue weighted by atomic mass is 79.9. The minimum absolute atomic E-state index is 0. The molecule has 0 aliphatic carbocycles. The molecule has 1 spiro atoms. The van der Waals surface area contributed by atoms with Gasteiger partial charge in [-0.3, -0.25) is 4.79 Å². The molecule has 2 aliphatic rings. The van der Waals surface area contributed by atoms with E-state index in [9.17, 15) is 4.79 Å². The molecule has 0 aromatic heterocycles. The molecule has 2 aliphatic heterocycles. The number of benzene rings is 2. The Morgan fingerprint density at radius 2 is 1.55 bits per heavy atom. The summed E-state index contributed by atoms with van der Waals surface area (Å²) in [6, 6.07) is 15.6. The molecule has 0 amide bonds. The van der Waals surface area contributed by atoms with Crippen LogP contribution in [0.15, 0.2) is 48.5 Å². The first-order valence-electron chi connectivity index (χ1n) is 7.43. The van der Waals surface area contributed by atoms with E-state index in [1.807, 2.05) is 48.5 Å². The number of carbonyl (C=O) groups excluding carboxylic acids is 1. The first-order chi connectivity index (χ1) is 10.3. The van der Waals surface area contributed by atoms with Gasteiger partial charge in [0.2, 0.25) is 0 Å². The normalized spacial score (nSPS) is 18.5. The second-order valence-electron chi connectivity index (χ2n) is 5.76. The summed E-state index contributed by atoms with van der Waals surface area (Å²) in [4.78, 5) is 13.3. The minimum atomic E-state index is -0.450. The van der Waals surface area contributed by atoms with Crippen LogP contribution in [0.4, 0.5) is 0 Å². The molecule has 2 heterocycles. The Labute approximate surface area is 140 Å². The van der Waals surface area contributed by atoms with Crippen molar-refractivity contribution < 1.29 is 9.53 Å². The van der Waals surface area contributed by atoms with Gasteiger partial charge in [-0.15, -0.1) is 17.0 Å². The number of ether oxygens (including phenoxy) is 1. The van der Waals surface area contributed by atoms with E-state index in [4.69, 9.17) is 4.74 Å². The zero-order valence-electron chi connectivity index (χ0n) is 12.2. The highest BCUT2D eigenvalue weighted by molar-refractivity contribution is 8.93. The predicted molar refractivity (Wildman–Crippen MR) is 91.4 cm³/mol. The average molecular weight is 360 g/mol. The van der Waals surface area contributed by atoms with Crippen LogP contribution >= 0.6 is 17.0 Å². The summed E-state index contributed by atoms with van der Waals surface area (Å²) >= 11 is 0. The van der Waals surface area contributed by atoms with Gasteiger partial charge in [0.05, 0.1) is 11.0 Å². The Morgan fingerprint density at radius 1 is 0.909 bits per heavy atom.